The smallest absolute Gasteiger partial charge is 0.217 e. The average molecular weight is 379 g/mol. The van der Waals surface area contributed by atoms with E-state index in [4.69, 9.17) is 13.9 Å². The van der Waals surface area contributed by atoms with Gasteiger partial charge in [-0.2, -0.15) is 0 Å². The van der Waals surface area contributed by atoms with Crippen LogP contribution in [0.25, 0.3) is 11.3 Å². The normalized spacial score (nSPS) is 35.9. The summed E-state index contributed by atoms with van der Waals surface area (Å²) in [6, 6.07) is 6.40. The zero-order valence-electron chi connectivity index (χ0n) is 16.0. The molecule has 5 aliphatic rings. The van der Waals surface area contributed by atoms with Crippen molar-refractivity contribution in [1.82, 2.24) is 14.8 Å². The molecular formula is C22H25N3O3. The van der Waals surface area contributed by atoms with E-state index in [-0.39, 0.29) is 5.60 Å². The number of nitrogens with zero attached hydrogens (tertiary/aromatic N) is 3. The number of aromatic nitrogens is 1. The van der Waals surface area contributed by atoms with Gasteiger partial charge in [-0.15, -0.1) is 0 Å². The highest BCUT2D eigenvalue weighted by atomic mass is 16.5. The molecule has 4 fully saturated rings. The number of ether oxygens (including phenoxy) is 2. The molecule has 6 heteroatoms. The van der Waals surface area contributed by atoms with Crippen LogP contribution < -0.4 is 4.74 Å². The van der Waals surface area contributed by atoms with Gasteiger partial charge in [-0.05, 0) is 31.0 Å². The molecular weight excluding hydrogens is 354 g/mol. The molecule has 4 aliphatic heterocycles. The fraction of sp³-hybridized carbons (Fsp3) is 0.591. The lowest BCUT2D eigenvalue weighted by Crippen LogP contribution is -2.49. The van der Waals surface area contributed by atoms with E-state index in [2.05, 4.69) is 33.0 Å². The van der Waals surface area contributed by atoms with E-state index >= 15 is 0 Å². The van der Waals surface area contributed by atoms with Gasteiger partial charge in [-0.1, -0.05) is 0 Å². The van der Waals surface area contributed by atoms with E-state index in [1.165, 1.54) is 24.9 Å². The van der Waals surface area contributed by atoms with Crippen molar-refractivity contribution in [2.24, 2.45) is 5.92 Å². The van der Waals surface area contributed by atoms with Gasteiger partial charge in [0.05, 0.1) is 19.8 Å². The van der Waals surface area contributed by atoms with Crippen molar-refractivity contribution < 1.29 is 13.9 Å². The van der Waals surface area contributed by atoms with Crippen LogP contribution in [0.4, 0.5) is 0 Å². The molecule has 3 saturated heterocycles. The van der Waals surface area contributed by atoms with Crippen LogP contribution in [0.3, 0.4) is 0 Å². The number of rotatable bonds is 3. The van der Waals surface area contributed by atoms with Gasteiger partial charge in [0.1, 0.15) is 17.1 Å². The van der Waals surface area contributed by atoms with E-state index in [1.807, 2.05) is 6.20 Å². The van der Waals surface area contributed by atoms with Gasteiger partial charge in [0.2, 0.25) is 5.88 Å². The molecule has 0 bridgehead atoms. The lowest BCUT2D eigenvalue weighted by atomic mass is 9.92. The number of morpholine rings is 1. The second-order valence-electron chi connectivity index (χ2n) is 9.22. The second kappa shape index (κ2) is 5.38. The van der Waals surface area contributed by atoms with Crippen LogP contribution in [-0.2, 0) is 17.7 Å². The van der Waals surface area contributed by atoms with Crippen LogP contribution in [0.5, 0.6) is 5.88 Å². The third-order valence-electron chi connectivity index (χ3n) is 7.73. The lowest BCUT2D eigenvalue weighted by Gasteiger charge is -2.39. The summed E-state index contributed by atoms with van der Waals surface area (Å²) in [5.41, 5.74) is 2.78. The first-order valence-corrected chi connectivity index (χ1v) is 10.6. The molecule has 2 unspecified atom stereocenters. The van der Waals surface area contributed by atoms with Gasteiger partial charge in [0, 0.05) is 61.4 Å². The zero-order chi connectivity index (χ0) is 18.3. The Kier molecular flexibility index (Phi) is 3.07. The predicted octanol–water partition coefficient (Wildman–Crippen LogP) is 2.33. The van der Waals surface area contributed by atoms with Crippen LogP contribution in [0.2, 0.25) is 0 Å². The number of pyridine rings is 1. The summed E-state index contributed by atoms with van der Waals surface area (Å²) in [4.78, 5) is 9.70. The van der Waals surface area contributed by atoms with Gasteiger partial charge in [0.25, 0.3) is 0 Å². The molecule has 7 rings (SSSR count). The summed E-state index contributed by atoms with van der Waals surface area (Å²) in [6.45, 7) is 6.72. The van der Waals surface area contributed by atoms with E-state index in [9.17, 15) is 0 Å². The topological polar surface area (TPSA) is 51.0 Å². The second-order valence-corrected chi connectivity index (χ2v) is 9.22. The number of hydrogen-bond donors (Lipinski definition) is 0. The minimum Gasteiger partial charge on any atom is -0.469 e. The van der Waals surface area contributed by atoms with E-state index in [1.54, 1.807) is 0 Å². The highest BCUT2D eigenvalue weighted by Crippen LogP contribution is 2.68. The van der Waals surface area contributed by atoms with Crippen molar-refractivity contribution in [3.05, 3.63) is 35.7 Å². The van der Waals surface area contributed by atoms with E-state index in [0.29, 0.717) is 11.5 Å². The number of furan rings is 1. The third-order valence-corrected chi connectivity index (χ3v) is 7.73. The average Bonchev–Trinajstić information content (AvgIpc) is 3.12. The summed E-state index contributed by atoms with van der Waals surface area (Å²) < 4.78 is 18.1. The molecule has 6 heterocycles. The van der Waals surface area contributed by atoms with Gasteiger partial charge in [-0.25, -0.2) is 4.98 Å². The van der Waals surface area contributed by atoms with Crippen molar-refractivity contribution in [3.63, 3.8) is 0 Å². The van der Waals surface area contributed by atoms with E-state index < -0.39 is 0 Å². The fourth-order valence-electron chi connectivity index (χ4n) is 6.11. The maximum Gasteiger partial charge on any atom is 0.217 e. The maximum atomic E-state index is 6.48. The van der Waals surface area contributed by atoms with Crippen molar-refractivity contribution in [2.75, 3.05) is 39.4 Å². The Hall–Kier alpha value is -1.89. The highest BCUT2D eigenvalue weighted by Gasteiger charge is 2.77. The summed E-state index contributed by atoms with van der Waals surface area (Å²) >= 11 is 0. The molecule has 0 aromatic carbocycles. The summed E-state index contributed by atoms with van der Waals surface area (Å²) in [5, 5.41) is 0. The zero-order valence-corrected chi connectivity index (χ0v) is 16.0. The molecule has 3 atom stereocenters. The summed E-state index contributed by atoms with van der Waals surface area (Å²) in [5.74, 6) is 3.45. The standard InChI is InChI=1S/C22H25N3O3/c1-2-18(27-17(1)13-24-5-7-26-8-6-24)16-9-15-10-22(28-20(15)23-12-16)14-25-4-3-21(25)11-19(21)22/h1-2,9,12,19H,3-8,10-11,13-14H2/t19?,21?,22-/m0/s1. The third kappa shape index (κ3) is 2.11. The van der Waals surface area contributed by atoms with E-state index in [0.717, 1.165) is 68.8 Å². The molecule has 28 heavy (non-hydrogen) atoms. The Morgan fingerprint density at radius 1 is 1.18 bits per heavy atom. The first-order chi connectivity index (χ1) is 13.7. The van der Waals surface area contributed by atoms with Crippen LogP contribution in [0.1, 0.15) is 24.2 Å². The largest absolute Gasteiger partial charge is 0.469 e. The molecule has 1 aliphatic carbocycles. The van der Waals surface area contributed by atoms with Crippen molar-refractivity contribution in [2.45, 2.75) is 36.9 Å². The Balaban J connectivity index is 1.12. The van der Waals surface area contributed by atoms with Crippen molar-refractivity contribution in [3.8, 4) is 17.2 Å². The monoisotopic (exact) mass is 379 g/mol. The van der Waals surface area contributed by atoms with Gasteiger partial charge < -0.3 is 13.9 Å². The Labute approximate surface area is 164 Å². The first kappa shape index (κ1) is 16.0. The lowest BCUT2D eigenvalue weighted by molar-refractivity contribution is 0.0314. The van der Waals surface area contributed by atoms with Crippen LogP contribution in [-0.4, -0.2) is 65.3 Å². The molecule has 2 aromatic rings. The first-order valence-electron chi connectivity index (χ1n) is 10.6. The van der Waals surface area contributed by atoms with Crippen molar-refractivity contribution in [1.29, 1.82) is 0 Å². The Morgan fingerprint density at radius 2 is 2.11 bits per heavy atom. The number of hydrogen-bond acceptors (Lipinski definition) is 6. The van der Waals surface area contributed by atoms with Gasteiger partial charge >= 0.3 is 0 Å². The quantitative estimate of drug-likeness (QED) is 0.816. The minimum atomic E-state index is -0.0187. The molecule has 2 spiro atoms. The molecule has 0 N–H and O–H groups in total. The maximum absolute atomic E-state index is 6.48. The van der Waals surface area contributed by atoms with Gasteiger partial charge in [-0.3, -0.25) is 9.80 Å². The molecule has 2 aromatic heterocycles. The molecule has 146 valence electrons. The number of piperidine rings is 1. The minimum absolute atomic E-state index is 0.0187. The SMILES string of the molecule is c1nc2c(cc1-c1ccc(CN3CCOCC3)o1)C[C@@]1(CN3CCC34CC41)O2. The molecule has 0 radical (unpaired) electrons. The molecule has 0 amide bonds. The highest BCUT2D eigenvalue weighted by molar-refractivity contribution is 5.59. The molecule has 6 nitrogen and oxygen atoms in total. The molecule has 1 saturated carbocycles. The van der Waals surface area contributed by atoms with Crippen molar-refractivity contribution >= 4 is 0 Å². The van der Waals surface area contributed by atoms with Crippen LogP contribution >= 0.6 is 0 Å². The Bertz CT molecular complexity index is 952. The van der Waals surface area contributed by atoms with Crippen LogP contribution in [0, 0.1) is 5.92 Å². The van der Waals surface area contributed by atoms with Crippen LogP contribution in [0.15, 0.2) is 28.8 Å². The summed E-state index contributed by atoms with van der Waals surface area (Å²) in [7, 11) is 0. The fourth-order valence-corrected chi connectivity index (χ4v) is 6.11. The Morgan fingerprint density at radius 3 is 2.86 bits per heavy atom. The predicted molar refractivity (Wildman–Crippen MR) is 102 cm³/mol. The van der Waals surface area contributed by atoms with Gasteiger partial charge in [0.15, 0.2) is 0 Å². The summed E-state index contributed by atoms with van der Waals surface area (Å²) in [6.07, 6.45) is 5.57. The number of fused-ring (bicyclic) bond motifs is 2.